The summed E-state index contributed by atoms with van der Waals surface area (Å²) >= 11 is 9.26. The SMILES string of the molecule is Clc1ccc(-c2nc(I)ns2)cc1. The number of benzene rings is 1. The van der Waals surface area contributed by atoms with E-state index in [1.165, 1.54) is 11.5 Å². The lowest BCUT2D eigenvalue weighted by Gasteiger charge is -1.93. The van der Waals surface area contributed by atoms with Gasteiger partial charge in [0.1, 0.15) is 5.01 Å². The molecule has 0 spiro atoms. The van der Waals surface area contributed by atoms with Gasteiger partial charge in [0, 0.05) is 33.2 Å². The molecular formula is C8H4ClIN2S. The lowest BCUT2D eigenvalue weighted by Crippen LogP contribution is -1.76. The average molecular weight is 323 g/mol. The minimum atomic E-state index is 0.739. The second-order valence-electron chi connectivity index (χ2n) is 2.38. The van der Waals surface area contributed by atoms with E-state index in [1.807, 2.05) is 24.3 Å². The molecule has 0 atom stereocenters. The predicted molar refractivity (Wildman–Crippen MR) is 63.1 cm³/mol. The van der Waals surface area contributed by atoms with Crippen molar-refractivity contribution in [2.45, 2.75) is 0 Å². The number of hydrogen-bond acceptors (Lipinski definition) is 3. The third kappa shape index (κ3) is 2.18. The number of nitrogens with zero attached hydrogens (tertiary/aromatic N) is 2. The van der Waals surface area contributed by atoms with Crippen LogP contribution in [-0.4, -0.2) is 9.36 Å². The molecule has 2 rings (SSSR count). The molecule has 0 fully saturated rings. The van der Waals surface area contributed by atoms with E-state index < -0.39 is 0 Å². The largest absolute Gasteiger partial charge is 0.210 e. The first-order valence-corrected chi connectivity index (χ1v) is 5.74. The molecule has 0 radical (unpaired) electrons. The van der Waals surface area contributed by atoms with Crippen LogP contribution in [0.5, 0.6) is 0 Å². The van der Waals surface area contributed by atoms with E-state index in [1.54, 1.807) is 0 Å². The molecule has 0 N–H and O–H groups in total. The zero-order valence-corrected chi connectivity index (χ0v) is 10.1. The third-order valence-electron chi connectivity index (χ3n) is 1.49. The molecule has 13 heavy (non-hydrogen) atoms. The van der Waals surface area contributed by atoms with Gasteiger partial charge in [0.15, 0.2) is 0 Å². The fourth-order valence-corrected chi connectivity index (χ4v) is 2.31. The average Bonchev–Trinajstić information content (AvgIpc) is 2.53. The van der Waals surface area contributed by atoms with Gasteiger partial charge in [-0.2, -0.15) is 4.37 Å². The van der Waals surface area contributed by atoms with Gasteiger partial charge in [-0.25, -0.2) is 4.98 Å². The summed E-state index contributed by atoms with van der Waals surface area (Å²) < 4.78 is 4.88. The summed E-state index contributed by atoms with van der Waals surface area (Å²) in [6, 6.07) is 7.59. The Morgan fingerprint density at radius 3 is 2.46 bits per heavy atom. The number of rotatable bonds is 1. The number of halogens is 2. The van der Waals surface area contributed by atoms with Crippen LogP contribution >= 0.6 is 45.7 Å². The molecule has 0 saturated heterocycles. The van der Waals surface area contributed by atoms with Gasteiger partial charge in [0.25, 0.3) is 0 Å². The summed E-state index contributed by atoms with van der Waals surface area (Å²) in [4.78, 5) is 4.26. The Balaban J connectivity index is 2.41. The van der Waals surface area contributed by atoms with E-state index in [0.29, 0.717) is 0 Å². The summed E-state index contributed by atoms with van der Waals surface area (Å²) in [6.45, 7) is 0. The van der Waals surface area contributed by atoms with Crippen molar-refractivity contribution in [3.63, 3.8) is 0 Å². The molecule has 0 aliphatic rings. The fraction of sp³-hybridized carbons (Fsp3) is 0. The van der Waals surface area contributed by atoms with Crippen LogP contribution in [0.1, 0.15) is 0 Å². The Labute approximate surface area is 98.3 Å². The van der Waals surface area contributed by atoms with Gasteiger partial charge >= 0.3 is 0 Å². The van der Waals surface area contributed by atoms with Gasteiger partial charge in [0.2, 0.25) is 3.83 Å². The summed E-state index contributed by atoms with van der Waals surface area (Å²) in [5.74, 6) is 0. The molecule has 0 amide bonds. The molecule has 2 nitrogen and oxygen atoms in total. The summed E-state index contributed by atoms with van der Waals surface area (Å²) in [6.07, 6.45) is 0. The van der Waals surface area contributed by atoms with Gasteiger partial charge in [-0.15, -0.1) is 0 Å². The topological polar surface area (TPSA) is 25.8 Å². The quantitative estimate of drug-likeness (QED) is 0.751. The number of hydrogen-bond donors (Lipinski definition) is 0. The Bertz CT molecular complexity index is 412. The fourth-order valence-electron chi connectivity index (χ4n) is 0.915. The van der Waals surface area contributed by atoms with Crippen molar-refractivity contribution in [2.75, 3.05) is 0 Å². The molecule has 2 aromatic rings. The van der Waals surface area contributed by atoms with Crippen LogP contribution < -0.4 is 0 Å². The minimum absolute atomic E-state index is 0.739. The Morgan fingerprint density at radius 2 is 1.92 bits per heavy atom. The lowest BCUT2D eigenvalue weighted by molar-refractivity contribution is 1.25. The van der Waals surface area contributed by atoms with Gasteiger partial charge in [-0.05, 0) is 23.7 Å². The maximum Gasteiger partial charge on any atom is 0.203 e. The first-order chi connectivity index (χ1) is 6.25. The third-order valence-corrected chi connectivity index (χ3v) is 3.32. The highest BCUT2D eigenvalue weighted by atomic mass is 127. The van der Waals surface area contributed by atoms with E-state index in [4.69, 9.17) is 11.6 Å². The molecule has 66 valence electrons. The van der Waals surface area contributed by atoms with Gasteiger partial charge in [-0.3, -0.25) is 0 Å². The molecule has 0 aliphatic carbocycles. The second kappa shape index (κ2) is 3.89. The van der Waals surface area contributed by atoms with E-state index in [2.05, 4.69) is 31.9 Å². The second-order valence-corrected chi connectivity index (χ2v) is 4.53. The van der Waals surface area contributed by atoms with Crippen molar-refractivity contribution in [1.29, 1.82) is 0 Å². The monoisotopic (exact) mass is 322 g/mol. The Kier molecular flexibility index (Phi) is 2.80. The molecule has 0 saturated carbocycles. The Hall–Kier alpha value is -0.200. The van der Waals surface area contributed by atoms with E-state index >= 15 is 0 Å². The predicted octanol–water partition coefficient (Wildman–Crippen LogP) is 3.46. The first-order valence-electron chi connectivity index (χ1n) is 3.51. The summed E-state index contributed by atoms with van der Waals surface area (Å²) in [7, 11) is 0. The van der Waals surface area contributed by atoms with E-state index in [0.717, 1.165) is 19.4 Å². The maximum atomic E-state index is 5.77. The minimum Gasteiger partial charge on any atom is -0.210 e. The highest BCUT2D eigenvalue weighted by Crippen LogP contribution is 2.23. The van der Waals surface area contributed by atoms with Crippen LogP contribution in [0.25, 0.3) is 10.6 Å². The van der Waals surface area contributed by atoms with Gasteiger partial charge in [-0.1, -0.05) is 23.7 Å². The molecule has 0 bridgehead atoms. The van der Waals surface area contributed by atoms with Gasteiger partial charge in [0.05, 0.1) is 0 Å². The van der Waals surface area contributed by atoms with Crippen molar-refractivity contribution in [2.24, 2.45) is 0 Å². The molecule has 1 aromatic carbocycles. The molecular weight excluding hydrogens is 319 g/mol. The summed E-state index contributed by atoms with van der Waals surface area (Å²) in [5, 5.41) is 1.67. The standard InChI is InChI=1S/C8H4ClIN2S/c9-6-3-1-5(2-4-6)7-11-8(10)12-13-7/h1-4H. The lowest BCUT2D eigenvalue weighted by atomic mass is 10.2. The molecule has 0 unspecified atom stereocenters. The van der Waals surface area contributed by atoms with Gasteiger partial charge < -0.3 is 0 Å². The highest BCUT2D eigenvalue weighted by molar-refractivity contribution is 14.1. The number of aromatic nitrogens is 2. The van der Waals surface area contributed by atoms with Crippen LogP contribution in [0.15, 0.2) is 24.3 Å². The molecule has 5 heteroatoms. The van der Waals surface area contributed by atoms with Crippen molar-refractivity contribution in [3.8, 4) is 10.6 Å². The van der Waals surface area contributed by atoms with Crippen LogP contribution in [-0.2, 0) is 0 Å². The van der Waals surface area contributed by atoms with E-state index in [9.17, 15) is 0 Å². The maximum absolute atomic E-state index is 5.77. The first kappa shape index (κ1) is 9.36. The highest BCUT2D eigenvalue weighted by Gasteiger charge is 2.03. The molecule has 0 aliphatic heterocycles. The van der Waals surface area contributed by atoms with Crippen molar-refractivity contribution in [1.82, 2.24) is 9.36 Å². The molecule has 1 heterocycles. The zero-order chi connectivity index (χ0) is 9.26. The van der Waals surface area contributed by atoms with Crippen LogP contribution in [0, 0.1) is 3.83 Å². The smallest absolute Gasteiger partial charge is 0.203 e. The van der Waals surface area contributed by atoms with Crippen molar-refractivity contribution < 1.29 is 0 Å². The Morgan fingerprint density at radius 1 is 1.23 bits per heavy atom. The molecule has 1 aromatic heterocycles. The normalized spacial score (nSPS) is 10.3. The van der Waals surface area contributed by atoms with Crippen LogP contribution in [0.3, 0.4) is 0 Å². The van der Waals surface area contributed by atoms with E-state index in [-0.39, 0.29) is 0 Å². The van der Waals surface area contributed by atoms with Crippen LogP contribution in [0.4, 0.5) is 0 Å². The zero-order valence-electron chi connectivity index (χ0n) is 6.37. The van der Waals surface area contributed by atoms with Crippen LogP contribution in [0.2, 0.25) is 5.02 Å². The van der Waals surface area contributed by atoms with Crippen molar-refractivity contribution >= 4 is 45.7 Å². The van der Waals surface area contributed by atoms with Crippen molar-refractivity contribution in [3.05, 3.63) is 33.1 Å². The summed E-state index contributed by atoms with van der Waals surface area (Å²) in [5.41, 5.74) is 1.06.